The van der Waals surface area contributed by atoms with Gasteiger partial charge in [0, 0.05) is 19.7 Å². The number of fused-ring (bicyclic) bond motifs is 1. The van der Waals surface area contributed by atoms with E-state index in [1.807, 2.05) is 48.5 Å². The van der Waals surface area contributed by atoms with Crippen LogP contribution in [0.15, 0.2) is 54.6 Å². The van der Waals surface area contributed by atoms with Gasteiger partial charge in [-0.3, -0.25) is 4.79 Å². The fraction of sp³-hybridized carbons (Fsp3) is 0.167. The van der Waals surface area contributed by atoms with Crippen molar-refractivity contribution < 1.29 is 14.3 Å². The number of carbonyl (C=O) groups is 1. The van der Waals surface area contributed by atoms with Crippen LogP contribution in [-0.2, 0) is 11.3 Å². The van der Waals surface area contributed by atoms with Crippen LogP contribution in [0.5, 0.6) is 11.5 Å². The first kappa shape index (κ1) is 14.2. The molecule has 1 amide bonds. The molecule has 0 fully saturated rings. The average molecular weight is 295 g/mol. The first-order valence-corrected chi connectivity index (χ1v) is 7.09. The lowest BCUT2D eigenvalue weighted by molar-refractivity contribution is -0.125. The van der Waals surface area contributed by atoms with E-state index in [1.165, 1.54) is 0 Å². The van der Waals surface area contributed by atoms with Crippen molar-refractivity contribution in [1.82, 2.24) is 4.90 Å². The van der Waals surface area contributed by atoms with Gasteiger partial charge < -0.3 is 14.4 Å². The smallest absolute Gasteiger partial charge is 0.246 e. The molecule has 1 heterocycles. The first-order valence-electron chi connectivity index (χ1n) is 7.09. The van der Waals surface area contributed by atoms with E-state index < -0.39 is 0 Å². The van der Waals surface area contributed by atoms with Crippen LogP contribution in [0.3, 0.4) is 0 Å². The summed E-state index contributed by atoms with van der Waals surface area (Å²) < 4.78 is 10.6. The normalized spacial score (nSPS) is 12.6. The molecule has 0 saturated carbocycles. The molecule has 2 aromatic carbocycles. The molecule has 0 aliphatic carbocycles. The minimum atomic E-state index is -0.0403. The Morgan fingerprint density at radius 2 is 1.91 bits per heavy atom. The summed E-state index contributed by atoms with van der Waals surface area (Å²) in [6.45, 7) is 0.840. The summed E-state index contributed by atoms with van der Waals surface area (Å²) in [5, 5.41) is 0. The Hall–Kier alpha value is -2.75. The molecule has 3 rings (SSSR count). The molecular formula is C18H17NO3. The van der Waals surface area contributed by atoms with Gasteiger partial charge in [-0.1, -0.05) is 36.4 Å². The monoisotopic (exact) mass is 295 g/mol. The van der Waals surface area contributed by atoms with Crippen molar-refractivity contribution in [1.29, 1.82) is 0 Å². The number of amides is 1. The Morgan fingerprint density at radius 1 is 1.14 bits per heavy atom. The summed E-state index contributed by atoms with van der Waals surface area (Å²) in [5.74, 6) is 1.42. The lowest BCUT2D eigenvalue weighted by atomic mass is 10.2. The molecule has 22 heavy (non-hydrogen) atoms. The number of likely N-dealkylation sites (N-methyl/N-ethyl adjacent to an activating group) is 1. The molecule has 0 N–H and O–H groups in total. The van der Waals surface area contributed by atoms with Gasteiger partial charge in [0.1, 0.15) is 0 Å². The fourth-order valence-corrected chi connectivity index (χ4v) is 2.25. The van der Waals surface area contributed by atoms with Gasteiger partial charge in [0.25, 0.3) is 0 Å². The zero-order chi connectivity index (χ0) is 15.4. The van der Waals surface area contributed by atoms with Crippen LogP contribution in [0, 0.1) is 0 Å². The second kappa shape index (κ2) is 6.35. The Labute approximate surface area is 129 Å². The van der Waals surface area contributed by atoms with Gasteiger partial charge in [0.05, 0.1) is 0 Å². The Kier molecular flexibility index (Phi) is 4.10. The van der Waals surface area contributed by atoms with Crippen LogP contribution >= 0.6 is 0 Å². The quantitative estimate of drug-likeness (QED) is 0.814. The maximum atomic E-state index is 12.1. The lowest BCUT2D eigenvalue weighted by Gasteiger charge is -2.15. The molecule has 0 aromatic heterocycles. The average Bonchev–Trinajstić information content (AvgIpc) is 3.01. The van der Waals surface area contributed by atoms with Crippen LogP contribution in [0.2, 0.25) is 0 Å². The van der Waals surface area contributed by atoms with Crippen LogP contribution in [0.1, 0.15) is 11.1 Å². The molecule has 0 spiro atoms. The molecule has 112 valence electrons. The summed E-state index contributed by atoms with van der Waals surface area (Å²) in [7, 11) is 1.79. The predicted octanol–water partition coefficient (Wildman–Crippen LogP) is 3.09. The van der Waals surface area contributed by atoms with E-state index in [9.17, 15) is 4.79 Å². The summed E-state index contributed by atoms with van der Waals surface area (Å²) in [4.78, 5) is 13.8. The van der Waals surface area contributed by atoms with Crippen LogP contribution in [0.4, 0.5) is 0 Å². The van der Waals surface area contributed by atoms with Gasteiger partial charge in [-0.25, -0.2) is 0 Å². The molecular weight excluding hydrogens is 278 g/mol. The second-order valence-corrected chi connectivity index (χ2v) is 5.13. The highest BCUT2D eigenvalue weighted by molar-refractivity contribution is 5.91. The van der Waals surface area contributed by atoms with Crippen molar-refractivity contribution >= 4 is 12.0 Å². The van der Waals surface area contributed by atoms with E-state index in [-0.39, 0.29) is 12.7 Å². The van der Waals surface area contributed by atoms with Crippen molar-refractivity contribution in [2.24, 2.45) is 0 Å². The summed E-state index contributed by atoms with van der Waals surface area (Å²) >= 11 is 0. The highest BCUT2D eigenvalue weighted by Crippen LogP contribution is 2.32. The molecule has 0 atom stereocenters. The minimum Gasteiger partial charge on any atom is -0.454 e. The minimum absolute atomic E-state index is 0.0403. The topological polar surface area (TPSA) is 38.8 Å². The van der Waals surface area contributed by atoms with E-state index >= 15 is 0 Å². The van der Waals surface area contributed by atoms with Gasteiger partial charge in [0.15, 0.2) is 11.5 Å². The molecule has 0 bridgehead atoms. The van der Waals surface area contributed by atoms with E-state index in [0.717, 1.165) is 16.9 Å². The molecule has 2 aromatic rings. The third-order valence-corrected chi connectivity index (χ3v) is 3.45. The SMILES string of the molecule is CN(Cc1ccccc1)C(=O)/C=C\c1ccc2c(c1)OCO2. The molecule has 4 nitrogen and oxygen atoms in total. The van der Waals surface area contributed by atoms with Gasteiger partial charge in [-0.05, 0) is 29.3 Å². The zero-order valence-electron chi connectivity index (χ0n) is 12.4. The van der Waals surface area contributed by atoms with Crippen LogP contribution < -0.4 is 9.47 Å². The second-order valence-electron chi connectivity index (χ2n) is 5.13. The van der Waals surface area contributed by atoms with Gasteiger partial charge in [-0.15, -0.1) is 0 Å². The van der Waals surface area contributed by atoms with E-state index in [0.29, 0.717) is 12.3 Å². The number of nitrogens with zero attached hydrogens (tertiary/aromatic N) is 1. The molecule has 1 aliphatic heterocycles. The summed E-state index contributed by atoms with van der Waals surface area (Å²) in [5.41, 5.74) is 2.01. The van der Waals surface area contributed by atoms with E-state index in [4.69, 9.17) is 9.47 Å². The van der Waals surface area contributed by atoms with Crippen molar-refractivity contribution in [3.05, 3.63) is 65.7 Å². The number of hydrogen-bond acceptors (Lipinski definition) is 3. The standard InChI is InChI=1S/C18H17NO3/c1-19(12-15-5-3-2-4-6-15)18(20)10-8-14-7-9-16-17(11-14)22-13-21-16/h2-11H,12-13H2,1H3/b10-8-. The highest BCUT2D eigenvalue weighted by atomic mass is 16.7. The number of ether oxygens (including phenoxy) is 2. The molecule has 0 radical (unpaired) electrons. The third kappa shape index (κ3) is 3.28. The Bertz CT molecular complexity index is 695. The lowest BCUT2D eigenvalue weighted by Crippen LogP contribution is -2.23. The number of benzene rings is 2. The number of carbonyl (C=O) groups excluding carboxylic acids is 1. The molecule has 0 saturated heterocycles. The zero-order valence-corrected chi connectivity index (χ0v) is 12.4. The largest absolute Gasteiger partial charge is 0.454 e. The molecule has 4 heteroatoms. The first-order chi connectivity index (χ1) is 10.7. The van der Waals surface area contributed by atoms with Crippen LogP contribution in [-0.4, -0.2) is 24.6 Å². The van der Waals surface area contributed by atoms with Crippen molar-refractivity contribution in [2.45, 2.75) is 6.54 Å². The molecule has 0 unspecified atom stereocenters. The maximum Gasteiger partial charge on any atom is 0.246 e. The highest BCUT2D eigenvalue weighted by Gasteiger charge is 2.12. The third-order valence-electron chi connectivity index (χ3n) is 3.45. The van der Waals surface area contributed by atoms with Crippen molar-refractivity contribution in [3.8, 4) is 11.5 Å². The fourth-order valence-electron chi connectivity index (χ4n) is 2.25. The number of rotatable bonds is 4. The van der Waals surface area contributed by atoms with Gasteiger partial charge in [0.2, 0.25) is 12.7 Å². The predicted molar refractivity (Wildman–Crippen MR) is 84.5 cm³/mol. The van der Waals surface area contributed by atoms with Gasteiger partial charge >= 0.3 is 0 Å². The van der Waals surface area contributed by atoms with Gasteiger partial charge in [-0.2, -0.15) is 0 Å². The van der Waals surface area contributed by atoms with Crippen molar-refractivity contribution in [2.75, 3.05) is 13.8 Å². The van der Waals surface area contributed by atoms with E-state index in [1.54, 1.807) is 24.1 Å². The summed E-state index contributed by atoms with van der Waals surface area (Å²) in [6, 6.07) is 15.5. The molecule has 1 aliphatic rings. The van der Waals surface area contributed by atoms with Crippen molar-refractivity contribution in [3.63, 3.8) is 0 Å². The summed E-state index contributed by atoms with van der Waals surface area (Å²) in [6.07, 6.45) is 3.35. The van der Waals surface area contributed by atoms with E-state index in [2.05, 4.69) is 0 Å². The van der Waals surface area contributed by atoms with Crippen LogP contribution in [0.25, 0.3) is 6.08 Å². The Morgan fingerprint density at radius 3 is 2.73 bits per heavy atom. The Balaban J connectivity index is 1.63. The number of hydrogen-bond donors (Lipinski definition) is 0. The maximum absolute atomic E-state index is 12.1.